The van der Waals surface area contributed by atoms with Crippen LogP contribution in [0.15, 0.2) is 6.20 Å². The number of hydrogen-bond acceptors (Lipinski definition) is 2. The molecule has 1 aliphatic carbocycles. The lowest BCUT2D eigenvalue weighted by Crippen LogP contribution is -2.31. The van der Waals surface area contributed by atoms with Gasteiger partial charge in [-0.2, -0.15) is 5.10 Å². The summed E-state index contributed by atoms with van der Waals surface area (Å²) in [5.74, 6) is 0.886. The van der Waals surface area contributed by atoms with Crippen molar-refractivity contribution >= 4 is 0 Å². The third-order valence-corrected chi connectivity index (χ3v) is 3.84. The van der Waals surface area contributed by atoms with Gasteiger partial charge in [-0.1, -0.05) is 12.8 Å². The average Bonchev–Trinajstić information content (AvgIpc) is 2.84. The molecule has 2 rings (SSSR count). The smallest absolute Gasteiger partial charge is 0.0638 e. The highest BCUT2D eigenvalue weighted by Crippen LogP contribution is 2.27. The topological polar surface area (TPSA) is 29.9 Å². The van der Waals surface area contributed by atoms with Gasteiger partial charge in [0.15, 0.2) is 0 Å². The summed E-state index contributed by atoms with van der Waals surface area (Å²) in [5, 5.41) is 8.00. The molecule has 0 aromatic carbocycles. The first-order valence-electron chi connectivity index (χ1n) is 6.39. The number of nitrogens with zero attached hydrogens (tertiary/aromatic N) is 2. The fourth-order valence-electron chi connectivity index (χ4n) is 2.72. The summed E-state index contributed by atoms with van der Waals surface area (Å²) in [6, 6.07) is 0.641. The van der Waals surface area contributed by atoms with E-state index >= 15 is 0 Å². The van der Waals surface area contributed by atoms with Gasteiger partial charge >= 0.3 is 0 Å². The Morgan fingerprint density at radius 1 is 1.50 bits per heavy atom. The maximum Gasteiger partial charge on any atom is 0.0638 e. The van der Waals surface area contributed by atoms with Crippen LogP contribution in [0.3, 0.4) is 0 Å². The van der Waals surface area contributed by atoms with Crippen molar-refractivity contribution in [2.45, 2.75) is 52.1 Å². The van der Waals surface area contributed by atoms with Crippen LogP contribution in [0.5, 0.6) is 0 Å². The quantitative estimate of drug-likeness (QED) is 0.846. The van der Waals surface area contributed by atoms with Gasteiger partial charge in [0.1, 0.15) is 0 Å². The molecule has 1 aliphatic rings. The van der Waals surface area contributed by atoms with Crippen molar-refractivity contribution in [3.05, 3.63) is 17.5 Å². The predicted molar refractivity (Wildman–Crippen MR) is 66.2 cm³/mol. The third kappa shape index (κ3) is 2.64. The lowest BCUT2D eigenvalue weighted by molar-refractivity contribution is 0.380. The molecular formula is C13H23N3. The largest absolute Gasteiger partial charge is 0.310 e. The van der Waals surface area contributed by atoms with Gasteiger partial charge < -0.3 is 5.32 Å². The summed E-state index contributed by atoms with van der Waals surface area (Å²) in [5.41, 5.74) is 2.47. The van der Waals surface area contributed by atoms with E-state index in [0.717, 1.165) is 18.2 Å². The molecule has 1 aromatic rings. The molecular weight excluding hydrogens is 198 g/mol. The summed E-state index contributed by atoms with van der Waals surface area (Å²) < 4.78 is 1.90. The van der Waals surface area contributed by atoms with Gasteiger partial charge in [-0.3, -0.25) is 4.68 Å². The first kappa shape index (κ1) is 11.6. The molecule has 1 N–H and O–H groups in total. The van der Waals surface area contributed by atoms with Crippen molar-refractivity contribution in [1.29, 1.82) is 0 Å². The molecule has 1 saturated carbocycles. The zero-order chi connectivity index (χ0) is 11.5. The van der Waals surface area contributed by atoms with Crippen LogP contribution in [-0.4, -0.2) is 15.8 Å². The fraction of sp³-hybridized carbons (Fsp3) is 0.769. The van der Waals surface area contributed by atoms with E-state index in [0.29, 0.717) is 6.04 Å². The van der Waals surface area contributed by atoms with Crippen molar-refractivity contribution in [1.82, 2.24) is 15.1 Å². The van der Waals surface area contributed by atoms with Crippen molar-refractivity contribution in [2.24, 2.45) is 13.0 Å². The standard InChI is InChI=1S/C13H23N3/c1-10(12-6-4-5-7-12)14-8-13-9-16(3)15-11(13)2/h9-10,12,14H,4-8H2,1-3H3/t10-/m1/s1. The van der Waals surface area contributed by atoms with Gasteiger partial charge in [0.05, 0.1) is 5.69 Å². The molecule has 1 heterocycles. The Morgan fingerprint density at radius 3 is 2.75 bits per heavy atom. The van der Waals surface area contributed by atoms with Crippen LogP contribution >= 0.6 is 0 Å². The number of aromatic nitrogens is 2. The van der Waals surface area contributed by atoms with Crippen LogP contribution in [0.25, 0.3) is 0 Å². The highest BCUT2D eigenvalue weighted by Gasteiger charge is 2.21. The first-order chi connectivity index (χ1) is 7.66. The molecule has 1 fully saturated rings. The minimum Gasteiger partial charge on any atom is -0.310 e. The van der Waals surface area contributed by atoms with Gasteiger partial charge in [-0.05, 0) is 32.6 Å². The van der Waals surface area contributed by atoms with E-state index in [2.05, 4.69) is 30.5 Å². The molecule has 1 atom stereocenters. The van der Waals surface area contributed by atoms with Gasteiger partial charge in [-0.25, -0.2) is 0 Å². The van der Waals surface area contributed by atoms with E-state index in [4.69, 9.17) is 0 Å². The molecule has 0 spiro atoms. The second kappa shape index (κ2) is 5.00. The van der Waals surface area contributed by atoms with E-state index in [1.54, 1.807) is 0 Å². The molecule has 0 radical (unpaired) electrons. The SMILES string of the molecule is Cc1nn(C)cc1CN[C@H](C)C1CCCC1. The number of hydrogen-bond donors (Lipinski definition) is 1. The van der Waals surface area contributed by atoms with E-state index in [1.165, 1.54) is 31.2 Å². The Bertz CT molecular complexity index is 337. The van der Waals surface area contributed by atoms with Crippen LogP contribution in [-0.2, 0) is 13.6 Å². The van der Waals surface area contributed by atoms with E-state index < -0.39 is 0 Å². The van der Waals surface area contributed by atoms with Gasteiger partial charge in [0, 0.05) is 31.4 Å². The van der Waals surface area contributed by atoms with Crippen LogP contribution in [0.4, 0.5) is 0 Å². The van der Waals surface area contributed by atoms with Crippen LogP contribution in [0.2, 0.25) is 0 Å². The van der Waals surface area contributed by atoms with Crippen molar-refractivity contribution in [2.75, 3.05) is 0 Å². The Kier molecular flexibility index (Phi) is 3.64. The van der Waals surface area contributed by atoms with E-state index in [9.17, 15) is 0 Å². The lowest BCUT2D eigenvalue weighted by Gasteiger charge is -2.20. The summed E-state index contributed by atoms with van der Waals surface area (Å²) in [6.45, 7) is 5.36. The van der Waals surface area contributed by atoms with Crippen molar-refractivity contribution < 1.29 is 0 Å². The Hall–Kier alpha value is -0.830. The van der Waals surface area contributed by atoms with E-state index in [-0.39, 0.29) is 0 Å². The van der Waals surface area contributed by atoms with Gasteiger partial charge in [-0.15, -0.1) is 0 Å². The second-order valence-corrected chi connectivity index (χ2v) is 5.13. The minimum absolute atomic E-state index is 0.641. The van der Waals surface area contributed by atoms with Crippen molar-refractivity contribution in [3.63, 3.8) is 0 Å². The summed E-state index contributed by atoms with van der Waals surface area (Å²) in [6.07, 6.45) is 7.76. The van der Waals surface area contributed by atoms with Gasteiger partial charge in [0.2, 0.25) is 0 Å². The summed E-state index contributed by atoms with van der Waals surface area (Å²) in [4.78, 5) is 0. The number of aryl methyl sites for hydroxylation is 2. The Morgan fingerprint density at radius 2 is 2.19 bits per heavy atom. The molecule has 3 nitrogen and oxygen atoms in total. The highest BCUT2D eigenvalue weighted by molar-refractivity contribution is 5.14. The molecule has 16 heavy (non-hydrogen) atoms. The zero-order valence-corrected chi connectivity index (χ0v) is 10.7. The second-order valence-electron chi connectivity index (χ2n) is 5.13. The number of nitrogens with one attached hydrogen (secondary N) is 1. The fourth-order valence-corrected chi connectivity index (χ4v) is 2.72. The van der Waals surface area contributed by atoms with Crippen LogP contribution in [0, 0.1) is 12.8 Å². The highest BCUT2D eigenvalue weighted by atomic mass is 15.2. The lowest BCUT2D eigenvalue weighted by atomic mass is 10.00. The molecule has 90 valence electrons. The molecule has 0 aliphatic heterocycles. The predicted octanol–water partition coefficient (Wildman–Crippen LogP) is 2.40. The van der Waals surface area contributed by atoms with Crippen molar-refractivity contribution in [3.8, 4) is 0 Å². The molecule has 0 amide bonds. The molecule has 0 bridgehead atoms. The van der Waals surface area contributed by atoms with E-state index in [1.807, 2.05) is 11.7 Å². The Labute approximate surface area is 98.2 Å². The van der Waals surface area contributed by atoms with Gasteiger partial charge in [0.25, 0.3) is 0 Å². The molecule has 3 heteroatoms. The van der Waals surface area contributed by atoms with Crippen LogP contribution in [0.1, 0.15) is 43.9 Å². The zero-order valence-electron chi connectivity index (χ0n) is 10.7. The Balaban J connectivity index is 1.84. The molecule has 1 aromatic heterocycles. The maximum atomic E-state index is 4.36. The number of rotatable bonds is 4. The molecule has 0 unspecified atom stereocenters. The maximum absolute atomic E-state index is 4.36. The first-order valence-corrected chi connectivity index (χ1v) is 6.39. The summed E-state index contributed by atoms with van der Waals surface area (Å²) in [7, 11) is 1.98. The normalized spacial score (nSPS) is 19.2. The average molecular weight is 221 g/mol. The third-order valence-electron chi connectivity index (χ3n) is 3.84. The molecule has 0 saturated heterocycles. The van der Waals surface area contributed by atoms with Crippen LogP contribution < -0.4 is 5.32 Å². The summed E-state index contributed by atoms with van der Waals surface area (Å²) >= 11 is 0. The minimum atomic E-state index is 0.641. The monoisotopic (exact) mass is 221 g/mol.